The molecular formula is C17H26. The summed E-state index contributed by atoms with van der Waals surface area (Å²) >= 11 is 0. The van der Waals surface area contributed by atoms with Crippen LogP contribution in [0.5, 0.6) is 0 Å². The van der Waals surface area contributed by atoms with Gasteiger partial charge < -0.3 is 0 Å². The first kappa shape index (κ1) is 11.6. The summed E-state index contributed by atoms with van der Waals surface area (Å²) in [5.74, 6) is 1.05. The van der Waals surface area contributed by atoms with Crippen LogP contribution in [0.2, 0.25) is 0 Å². The molecule has 0 unspecified atom stereocenters. The van der Waals surface area contributed by atoms with Gasteiger partial charge >= 0.3 is 0 Å². The molecule has 0 heterocycles. The minimum atomic E-state index is 0.662. The third kappa shape index (κ3) is 2.00. The van der Waals surface area contributed by atoms with Crippen molar-refractivity contribution in [3.05, 3.63) is 23.3 Å². The van der Waals surface area contributed by atoms with Crippen molar-refractivity contribution in [1.82, 2.24) is 0 Å². The van der Waals surface area contributed by atoms with Gasteiger partial charge in [-0.25, -0.2) is 0 Å². The van der Waals surface area contributed by atoms with Crippen LogP contribution in [0.15, 0.2) is 23.3 Å². The van der Waals surface area contributed by atoms with Gasteiger partial charge in [-0.2, -0.15) is 0 Å². The summed E-state index contributed by atoms with van der Waals surface area (Å²) in [6, 6.07) is 0. The average molecular weight is 230 g/mol. The molecule has 0 N–H and O–H groups in total. The molecule has 17 heavy (non-hydrogen) atoms. The maximum atomic E-state index is 2.56. The van der Waals surface area contributed by atoms with Crippen LogP contribution >= 0.6 is 0 Å². The van der Waals surface area contributed by atoms with E-state index in [2.05, 4.69) is 19.1 Å². The van der Waals surface area contributed by atoms with Crippen molar-refractivity contribution in [1.29, 1.82) is 0 Å². The van der Waals surface area contributed by atoms with E-state index in [0.717, 1.165) is 5.92 Å². The zero-order chi connectivity index (χ0) is 11.7. The Kier molecular flexibility index (Phi) is 3.15. The van der Waals surface area contributed by atoms with Crippen LogP contribution < -0.4 is 0 Å². The highest BCUT2D eigenvalue weighted by molar-refractivity contribution is 5.49. The molecule has 3 aliphatic carbocycles. The fourth-order valence-corrected chi connectivity index (χ4v) is 4.26. The first-order valence-corrected chi connectivity index (χ1v) is 7.74. The Balaban J connectivity index is 1.58. The Bertz CT molecular complexity index is 337. The number of fused-ring (bicyclic) bond motifs is 2. The van der Waals surface area contributed by atoms with Gasteiger partial charge in [0.25, 0.3) is 0 Å². The topological polar surface area (TPSA) is 0 Å². The Morgan fingerprint density at radius 3 is 2.65 bits per heavy atom. The summed E-state index contributed by atoms with van der Waals surface area (Å²) in [6.45, 7) is 2.32. The van der Waals surface area contributed by atoms with Crippen molar-refractivity contribution in [2.45, 2.75) is 71.1 Å². The molecular weight excluding hydrogens is 204 g/mol. The van der Waals surface area contributed by atoms with Gasteiger partial charge in [0.1, 0.15) is 0 Å². The number of hydrogen-bond acceptors (Lipinski definition) is 0. The molecule has 0 aliphatic heterocycles. The van der Waals surface area contributed by atoms with Crippen LogP contribution in [0, 0.1) is 11.3 Å². The second kappa shape index (κ2) is 4.63. The fraction of sp³-hybridized carbons (Fsp3) is 0.765. The van der Waals surface area contributed by atoms with E-state index in [1.54, 1.807) is 11.1 Å². The van der Waals surface area contributed by atoms with Crippen LogP contribution in [0.4, 0.5) is 0 Å². The van der Waals surface area contributed by atoms with Crippen molar-refractivity contribution in [3.63, 3.8) is 0 Å². The fourth-order valence-electron chi connectivity index (χ4n) is 4.26. The molecule has 0 bridgehead atoms. The Morgan fingerprint density at radius 1 is 1.18 bits per heavy atom. The molecule has 94 valence electrons. The molecule has 0 radical (unpaired) electrons. The maximum absolute atomic E-state index is 2.56. The molecule has 0 amide bonds. The van der Waals surface area contributed by atoms with Gasteiger partial charge in [-0.15, -0.1) is 0 Å². The number of rotatable bonds is 3. The third-order valence-electron chi connectivity index (χ3n) is 5.38. The highest BCUT2D eigenvalue weighted by atomic mass is 14.5. The van der Waals surface area contributed by atoms with Crippen LogP contribution in [-0.4, -0.2) is 0 Å². The molecule has 0 aromatic rings. The van der Waals surface area contributed by atoms with Crippen LogP contribution in [-0.2, 0) is 0 Å². The van der Waals surface area contributed by atoms with Crippen molar-refractivity contribution >= 4 is 0 Å². The highest BCUT2D eigenvalue weighted by Gasteiger charge is 2.47. The van der Waals surface area contributed by atoms with Gasteiger partial charge in [0.05, 0.1) is 0 Å². The van der Waals surface area contributed by atoms with Gasteiger partial charge in [0, 0.05) is 0 Å². The molecule has 1 spiro atoms. The van der Waals surface area contributed by atoms with E-state index < -0.39 is 0 Å². The predicted molar refractivity (Wildman–Crippen MR) is 73.9 cm³/mol. The molecule has 0 saturated heterocycles. The normalized spacial score (nSPS) is 35.9. The summed E-state index contributed by atoms with van der Waals surface area (Å²) in [7, 11) is 0. The Morgan fingerprint density at radius 2 is 1.94 bits per heavy atom. The Labute approximate surface area is 106 Å². The Hall–Kier alpha value is -0.520. The lowest BCUT2D eigenvalue weighted by molar-refractivity contribution is 0.151. The number of allylic oxidation sites excluding steroid dienone is 4. The van der Waals surface area contributed by atoms with Crippen LogP contribution in [0.25, 0.3) is 0 Å². The predicted octanol–water partition coefficient (Wildman–Crippen LogP) is 5.40. The maximum Gasteiger partial charge on any atom is -0.000700 e. The average Bonchev–Trinajstić information content (AvgIpc) is 2.37. The van der Waals surface area contributed by atoms with Gasteiger partial charge in [-0.1, -0.05) is 38.3 Å². The highest BCUT2D eigenvalue weighted by Crippen LogP contribution is 2.60. The molecule has 2 fully saturated rings. The lowest BCUT2D eigenvalue weighted by Gasteiger charge is -2.52. The van der Waals surface area contributed by atoms with Crippen molar-refractivity contribution in [3.8, 4) is 0 Å². The molecule has 0 atom stereocenters. The molecule has 0 aromatic carbocycles. The molecule has 0 heteroatoms. The van der Waals surface area contributed by atoms with Crippen molar-refractivity contribution in [2.24, 2.45) is 11.3 Å². The third-order valence-corrected chi connectivity index (χ3v) is 5.38. The minimum absolute atomic E-state index is 0.662. The zero-order valence-electron chi connectivity index (χ0n) is 11.3. The monoisotopic (exact) mass is 230 g/mol. The van der Waals surface area contributed by atoms with Crippen LogP contribution in [0.3, 0.4) is 0 Å². The second-order valence-electron chi connectivity index (χ2n) is 6.47. The number of unbranched alkanes of at least 4 members (excludes halogenated alkanes) is 1. The summed E-state index contributed by atoms with van der Waals surface area (Å²) in [5.41, 5.74) is 4.15. The molecule has 0 aromatic heterocycles. The lowest BCUT2D eigenvalue weighted by Crippen LogP contribution is -2.39. The van der Waals surface area contributed by atoms with E-state index in [1.807, 2.05) is 0 Å². The van der Waals surface area contributed by atoms with Crippen LogP contribution in [0.1, 0.15) is 71.1 Å². The van der Waals surface area contributed by atoms with E-state index in [1.165, 1.54) is 64.2 Å². The zero-order valence-corrected chi connectivity index (χ0v) is 11.3. The van der Waals surface area contributed by atoms with E-state index in [9.17, 15) is 0 Å². The van der Waals surface area contributed by atoms with Gasteiger partial charge in [0.2, 0.25) is 0 Å². The summed E-state index contributed by atoms with van der Waals surface area (Å²) < 4.78 is 0. The van der Waals surface area contributed by atoms with E-state index in [4.69, 9.17) is 0 Å². The molecule has 2 saturated carbocycles. The van der Waals surface area contributed by atoms with Crippen molar-refractivity contribution < 1.29 is 0 Å². The van der Waals surface area contributed by atoms with Gasteiger partial charge in [-0.3, -0.25) is 0 Å². The SMILES string of the molecule is CCCCC1CCC2(CC1)CC1=CCCC=C12. The van der Waals surface area contributed by atoms with E-state index in [0.29, 0.717) is 5.41 Å². The first-order valence-electron chi connectivity index (χ1n) is 7.74. The largest absolute Gasteiger partial charge is 0.0807 e. The molecule has 0 nitrogen and oxygen atoms in total. The number of hydrogen-bond donors (Lipinski definition) is 0. The summed E-state index contributed by atoms with van der Waals surface area (Å²) in [4.78, 5) is 0. The first-order chi connectivity index (χ1) is 8.34. The molecule has 3 aliphatic rings. The summed E-state index contributed by atoms with van der Waals surface area (Å²) in [5, 5.41) is 0. The standard InChI is InChI=1S/C17H26/c1-2-3-6-14-9-11-17(12-10-14)13-15-7-4-5-8-16(15)17/h7-8,14H,2-6,9-13H2,1H3. The second-order valence-corrected chi connectivity index (χ2v) is 6.47. The van der Waals surface area contributed by atoms with E-state index >= 15 is 0 Å². The van der Waals surface area contributed by atoms with Gasteiger partial charge in [-0.05, 0) is 67.4 Å². The van der Waals surface area contributed by atoms with Crippen molar-refractivity contribution in [2.75, 3.05) is 0 Å². The lowest BCUT2D eigenvalue weighted by atomic mass is 9.52. The van der Waals surface area contributed by atoms with E-state index in [-0.39, 0.29) is 0 Å². The molecule has 3 rings (SSSR count). The summed E-state index contributed by atoms with van der Waals surface area (Å²) in [6.07, 6.45) is 19.4. The smallest absolute Gasteiger partial charge is 0.000700 e. The van der Waals surface area contributed by atoms with Gasteiger partial charge in [0.15, 0.2) is 0 Å². The minimum Gasteiger partial charge on any atom is -0.0807 e. The quantitative estimate of drug-likeness (QED) is 0.608.